The fourth-order valence-corrected chi connectivity index (χ4v) is 1.59. The lowest BCUT2D eigenvalue weighted by Gasteiger charge is -2.17. The van der Waals surface area contributed by atoms with Crippen LogP contribution in [0.15, 0.2) is 36.2 Å². The fourth-order valence-electron chi connectivity index (χ4n) is 1.52. The molecule has 0 bridgehead atoms. The number of benzene rings is 1. The molecule has 1 amide bonds. The normalized spacial score (nSPS) is 12.1. The molecule has 21 heavy (non-hydrogen) atoms. The second-order valence-corrected chi connectivity index (χ2v) is 6.27. The summed E-state index contributed by atoms with van der Waals surface area (Å²) in [6.45, 7) is 7.89. The first-order valence-electron chi connectivity index (χ1n) is 6.80. The van der Waals surface area contributed by atoms with Gasteiger partial charge in [-0.2, -0.15) is 0 Å². The maximum Gasteiger partial charge on any atom is 0.243 e. The molecule has 1 aromatic carbocycles. The van der Waals surface area contributed by atoms with Gasteiger partial charge in [-0.3, -0.25) is 15.4 Å². The topological polar surface area (TPSA) is 69.6 Å². The van der Waals surface area contributed by atoms with E-state index in [4.69, 9.17) is 17.0 Å². The molecule has 0 aliphatic carbocycles. The van der Waals surface area contributed by atoms with Crippen LogP contribution in [-0.2, 0) is 4.79 Å². The van der Waals surface area contributed by atoms with Gasteiger partial charge in [0.25, 0.3) is 0 Å². The summed E-state index contributed by atoms with van der Waals surface area (Å²) in [5, 5.41) is 12.7. The van der Waals surface area contributed by atoms with E-state index < -0.39 is 0 Å². The van der Waals surface area contributed by atoms with Gasteiger partial charge in [-0.25, -0.2) is 0 Å². The van der Waals surface area contributed by atoms with E-state index in [-0.39, 0.29) is 17.2 Å². The Morgan fingerprint density at radius 2 is 1.90 bits per heavy atom. The first-order chi connectivity index (χ1) is 9.72. The molecule has 4 nitrogen and oxygen atoms in total. The zero-order chi connectivity index (χ0) is 16.0. The van der Waals surface area contributed by atoms with Gasteiger partial charge in [-0.05, 0) is 19.1 Å². The van der Waals surface area contributed by atoms with Crippen molar-refractivity contribution in [1.29, 1.82) is 5.41 Å². The van der Waals surface area contributed by atoms with Crippen molar-refractivity contribution in [2.45, 2.75) is 27.7 Å². The number of hydrogen-bond acceptors (Lipinski definition) is 2. The third-order valence-corrected chi connectivity index (χ3v) is 3.16. The second-order valence-electron chi connectivity index (χ2n) is 6.00. The largest absolute Gasteiger partial charge is 0.304 e. The molecule has 0 spiro atoms. The van der Waals surface area contributed by atoms with Crippen LogP contribution in [-0.4, -0.2) is 17.5 Å². The number of amides is 1. The zero-order valence-electron chi connectivity index (χ0n) is 13.0. The molecule has 0 saturated carbocycles. The van der Waals surface area contributed by atoms with Crippen LogP contribution in [0.4, 0.5) is 5.69 Å². The van der Waals surface area contributed by atoms with E-state index in [1.165, 1.54) is 5.56 Å². The van der Waals surface area contributed by atoms with Gasteiger partial charge in [0.05, 0.1) is 0 Å². The molecule has 4 N–H and O–H groups in total. The van der Waals surface area contributed by atoms with Crippen molar-refractivity contribution >= 4 is 28.9 Å². The van der Waals surface area contributed by atoms with Gasteiger partial charge in [0.2, 0.25) is 11.7 Å². The second kappa shape index (κ2) is 7.38. The summed E-state index contributed by atoms with van der Waals surface area (Å²) in [6, 6.07) is 7.94. The lowest BCUT2D eigenvalue weighted by atomic mass is 9.90. The minimum absolute atomic E-state index is 0.109. The molecule has 114 valence electrons. The summed E-state index contributed by atoms with van der Waals surface area (Å²) in [4.78, 5) is 11.5. The maximum absolute atomic E-state index is 11.5. The number of halogens is 1. The summed E-state index contributed by atoms with van der Waals surface area (Å²) >= 11 is 5.54. The van der Waals surface area contributed by atoms with Crippen molar-refractivity contribution in [1.82, 2.24) is 5.32 Å². The van der Waals surface area contributed by atoms with Crippen LogP contribution < -0.4 is 10.6 Å². The van der Waals surface area contributed by atoms with Crippen molar-refractivity contribution in [3.05, 3.63) is 41.7 Å². The SMILES string of the molecule is Cc1ccc([NH2+]C(=CC(=N)C(C)(C)C)NC(=O)CCl)cc1. The summed E-state index contributed by atoms with van der Waals surface area (Å²) in [6.07, 6.45) is 1.67. The minimum atomic E-state index is -0.284. The Kier molecular flexibility index (Phi) is 6.12. The Morgan fingerprint density at radius 1 is 1.33 bits per heavy atom. The summed E-state index contributed by atoms with van der Waals surface area (Å²) in [7, 11) is 0. The van der Waals surface area contributed by atoms with Crippen LogP contribution in [0.1, 0.15) is 26.3 Å². The fraction of sp³-hybridized carbons (Fsp3) is 0.375. The van der Waals surface area contributed by atoms with Gasteiger partial charge in [-0.1, -0.05) is 38.5 Å². The minimum Gasteiger partial charge on any atom is -0.304 e. The number of nitrogens with one attached hydrogen (secondary N) is 2. The number of aryl methyl sites for hydroxylation is 1. The third-order valence-electron chi connectivity index (χ3n) is 2.91. The molecule has 0 heterocycles. The number of carbonyl (C=O) groups excluding carboxylic acids is 1. The number of allylic oxidation sites excluding steroid dienone is 1. The van der Waals surface area contributed by atoms with E-state index in [1.807, 2.05) is 57.3 Å². The lowest BCUT2D eigenvalue weighted by Crippen LogP contribution is -2.79. The maximum atomic E-state index is 11.5. The first kappa shape index (κ1) is 17.4. The summed E-state index contributed by atoms with van der Waals surface area (Å²) in [5.74, 6) is 0.180. The van der Waals surface area contributed by atoms with Crippen molar-refractivity contribution in [3.63, 3.8) is 0 Å². The molecular weight excluding hydrogens is 286 g/mol. The highest BCUT2D eigenvalue weighted by Gasteiger charge is 2.18. The number of rotatable bonds is 5. The van der Waals surface area contributed by atoms with Gasteiger partial charge in [0.15, 0.2) is 0 Å². The van der Waals surface area contributed by atoms with Crippen LogP contribution in [0.2, 0.25) is 0 Å². The van der Waals surface area contributed by atoms with Crippen LogP contribution in [0.25, 0.3) is 0 Å². The van der Waals surface area contributed by atoms with E-state index in [9.17, 15) is 4.79 Å². The molecule has 0 fully saturated rings. The Bertz CT molecular complexity index is 542. The highest BCUT2D eigenvalue weighted by atomic mass is 35.5. The molecule has 1 aromatic rings. The number of quaternary nitrogens is 1. The van der Waals surface area contributed by atoms with E-state index in [2.05, 4.69) is 5.32 Å². The van der Waals surface area contributed by atoms with Crippen LogP contribution in [0.5, 0.6) is 0 Å². The molecule has 0 saturated heterocycles. The summed E-state index contributed by atoms with van der Waals surface area (Å²) < 4.78 is 0. The summed E-state index contributed by atoms with van der Waals surface area (Å²) in [5.41, 5.74) is 2.29. The van der Waals surface area contributed by atoms with E-state index >= 15 is 0 Å². The Labute approximate surface area is 131 Å². The van der Waals surface area contributed by atoms with E-state index in [0.717, 1.165) is 5.69 Å². The van der Waals surface area contributed by atoms with Gasteiger partial charge in [-0.15, -0.1) is 11.6 Å². The van der Waals surface area contributed by atoms with Gasteiger partial charge in [0, 0.05) is 17.2 Å². The molecule has 0 radical (unpaired) electrons. The number of nitrogens with two attached hydrogens (primary N) is 1. The average molecular weight is 309 g/mol. The standard InChI is InChI=1S/C16H22ClN3O/c1-11-5-7-12(8-6-11)19-14(20-15(21)10-17)9-13(18)16(2,3)4/h5-9,18-19H,10H2,1-4H3,(H,20,21)/p+1. The molecule has 0 aliphatic heterocycles. The number of carbonyl (C=O) groups is 1. The molecule has 0 unspecified atom stereocenters. The van der Waals surface area contributed by atoms with Crippen molar-refractivity contribution < 1.29 is 10.1 Å². The molecule has 0 atom stereocenters. The molecule has 0 aromatic heterocycles. The monoisotopic (exact) mass is 308 g/mol. The van der Waals surface area contributed by atoms with Crippen LogP contribution in [0, 0.1) is 17.7 Å². The van der Waals surface area contributed by atoms with Crippen molar-refractivity contribution in [2.24, 2.45) is 5.41 Å². The van der Waals surface area contributed by atoms with Crippen LogP contribution >= 0.6 is 11.6 Å². The quantitative estimate of drug-likeness (QED) is 0.436. The predicted molar refractivity (Wildman–Crippen MR) is 86.9 cm³/mol. The molecule has 5 heteroatoms. The highest BCUT2D eigenvalue weighted by molar-refractivity contribution is 6.27. The first-order valence-corrected chi connectivity index (χ1v) is 7.34. The number of alkyl halides is 1. The average Bonchev–Trinajstić information content (AvgIpc) is 2.40. The molecular formula is C16H23ClN3O+. The Morgan fingerprint density at radius 3 is 2.38 bits per heavy atom. The van der Waals surface area contributed by atoms with Crippen LogP contribution in [0.3, 0.4) is 0 Å². The number of hydrogen-bond donors (Lipinski definition) is 3. The van der Waals surface area contributed by atoms with Gasteiger partial charge in [0.1, 0.15) is 11.6 Å². The van der Waals surface area contributed by atoms with Crippen molar-refractivity contribution in [2.75, 3.05) is 5.88 Å². The third kappa shape index (κ3) is 6.10. The smallest absolute Gasteiger partial charge is 0.243 e. The molecule has 0 aliphatic rings. The van der Waals surface area contributed by atoms with Gasteiger partial charge < -0.3 is 5.41 Å². The Hall–Kier alpha value is -1.65. The lowest BCUT2D eigenvalue weighted by molar-refractivity contribution is -0.522. The Balaban J connectivity index is 2.96. The predicted octanol–water partition coefficient (Wildman–Crippen LogP) is 2.45. The molecule has 1 rings (SSSR count). The zero-order valence-corrected chi connectivity index (χ0v) is 13.7. The van der Waals surface area contributed by atoms with Crippen molar-refractivity contribution in [3.8, 4) is 0 Å². The van der Waals surface area contributed by atoms with E-state index in [1.54, 1.807) is 6.08 Å². The highest BCUT2D eigenvalue weighted by Crippen LogP contribution is 2.15. The van der Waals surface area contributed by atoms with Gasteiger partial charge >= 0.3 is 0 Å². The van der Waals surface area contributed by atoms with E-state index in [0.29, 0.717) is 11.5 Å².